The van der Waals surface area contributed by atoms with Crippen molar-refractivity contribution in [2.45, 2.75) is 55.7 Å². The monoisotopic (exact) mass is 243 g/mol. The second kappa shape index (κ2) is 3.70. The van der Waals surface area contributed by atoms with Crippen molar-refractivity contribution in [3.8, 4) is 0 Å². The topological polar surface area (TPSA) is 37.4 Å². The molecule has 0 bridgehead atoms. The van der Waals surface area contributed by atoms with Crippen molar-refractivity contribution in [3.63, 3.8) is 0 Å². The van der Waals surface area contributed by atoms with Gasteiger partial charge in [0.1, 0.15) is 0 Å². The van der Waals surface area contributed by atoms with E-state index in [0.29, 0.717) is 5.75 Å². The molecule has 2 atom stereocenters. The summed E-state index contributed by atoms with van der Waals surface area (Å²) in [5.74, 6) is 0.449. The lowest BCUT2D eigenvalue weighted by Gasteiger charge is -2.58. The van der Waals surface area contributed by atoms with Crippen LogP contribution in [-0.4, -0.2) is 42.9 Å². The molecule has 2 aliphatic heterocycles. The lowest BCUT2D eigenvalue weighted by molar-refractivity contribution is 0.0387. The van der Waals surface area contributed by atoms with Crippen LogP contribution in [0.3, 0.4) is 0 Å². The average Bonchev–Trinajstić information content (AvgIpc) is 2.29. The van der Waals surface area contributed by atoms with Crippen molar-refractivity contribution < 1.29 is 8.42 Å². The maximum absolute atomic E-state index is 11.9. The van der Waals surface area contributed by atoms with E-state index in [1.807, 2.05) is 0 Å². The fraction of sp³-hybridized carbons (Fsp3) is 1.00. The molecule has 4 heteroatoms. The van der Waals surface area contributed by atoms with E-state index in [1.165, 1.54) is 25.7 Å². The Morgan fingerprint density at radius 3 is 2.44 bits per heavy atom. The molecule has 1 aliphatic carbocycles. The van der Waals surface area contributed by atoms with Gasteiger partial charge in [-0.15, -0.1) is 0 Å². The van der Waals surface area contributed by atoms with Gasteiger partial charge < -0.3 is 0 Å². The molecule has 0 N–H and O–H groups in total. The number of piperidine rings is 1. The van der Waals surface area contributed by atoms with Crippen LogP contribution < -0.4 is 0 Å². The van der Waals surface area contributed by atoms with Gasteiger partial charge in [0, 0.05) is 0 Å². The number of fused-ring (bicyclic) bond motifs is 1. The Balaban J connectivity index is 1.85. The van der Waals surface area contributed by atoms with Crippen LogP contribution in [0.1, 0.15) is 44.9 Å². The maximum Gasteiger partial charge on any atom is 0.156 e. The molecule has 3 aliphatic rings. The Kier molecular flexibility index (Phi) is 2.55. The summed E-state index contributed by atoms with van der Waals surface area (Å²) >= 11 is 0. The fourth-order valence-corrected chi connectivity index (χ4v) is 6.68. The van der Waals surface area contributed by atoms with Crippen LogP contribution in [0.4, 0.5) is 0 Å². The SMILES string of the molecule is O=S1(=O)CC2(N3CCCCC3)CCCCC21. The number of hydrogen-bond acceptors (Lipinski definition) is 3. The molecule has 0 radical (unpaired) electrons. The van der Waals surface area contributed by atoms with Gasteiger partial charge in [0.2, 0.25) is 0 Å². The molecule has 2 unspecified atom stereocenters. The third kappa shape index (κ3) is 1.46. The lowest BCUT2D eigenvalue weighted by atomic mass is 9.79. The second-order valence-corrected chi connectivity index (χ2v) is 7.88. The van der Waals surface area contributed by atoms with Crippen molar-refractivity contribution in [1.82, 2.24) is 4.90 Å². The molecular weight excluding hydrogens is 222 g/mol. The normalized spacial score (nSPS) is 43.4. The Bertz CT molecular complexity index is 372. The van der Waals surface area contributed by atoms with E-state index < -0.39 is 9.84 Å². The predicted molar refractivity (Wildman–Crippen MR) is 64.2 cm³/mol. The minimum Gasteiger partial charge on any atom is -0.295 e. The molecule has 16 heavy (non-hydrogen) atoms. The van der Waals surface area contributed by atoms with Crippen LogP contribution in [0.2, 0.25) is 0 Å². The van der Waals surface area contributed by atoms with Crippen LogP contribution >= 0.6 is 0 Å². The van der Waals surface area contributed by atoms with Crippen molar-refractivity contribution in [2.24, 2.45) is 0 Å². The molecule has 3 nitrogen and oxygen atoms in total. The first-order valence-corrected chi connectivity index (χ1v) is 8.33. The Morgan fingerprint density at radius 1 is 1.00 bits per heavy atom. The van der Waals surface area contributed by atoms with E-state index in [1.54, 1.807) is 0 Å². The van der Waals surface area contributed by atoms with E-state index in [-0.39, 0.29) is 10.8 Å². The first-order valence-electron chi connectivity index (χ1n) is 6.62. The van der Waals surface area contributed by atoms with Crippen molar-refractivity contribution in [3.05, 3.63) is 0 Å². The van der Waals surface area contributed by atoms with Crippen LogP contribution in [0.5, 0.6) is 0 Å². The number of sulfone groups is 1. The fourth-order valence-electron chi connectivity index (χ4n) is 4.01. The van der Waals surface area contributed by atoms with Gasteiger partial charge in [-0.05, 0) is 38.8 Å². The number of hydrogen-bond donors (Lipinski definition) is 0. The molecule has 0 spiro atoms. The van der Waals surface area contributed by atoms with E-state index in [0.717, 1.165) is 32.4 Å². The van der Waals surface area contributed by atoms with Crippen LogP contribution in [0.15, 0.2) is 0 Å². The molecule has 2 saturated heterocycles. The zero-order valence-corrected chi connectivity index (χ0v) is 10.6. The molecule has 92 valence electrons. The molecule has 3 rings (SSSR count). The first-order chi connectivity index (χ1) is 7.65. The molecule has 0 aromatic carbocycles. The van der Waals surface area contributed by atoms with E-state index in [9.17, 15) is 8.42 Å². The van der Waals surface area contributed by atoms with Crippen molar-refractivity contribution >= 4 is 9.84 Å². The third-order valence-corrected chi connectivity index (χ3v) is 7.24. The van der Waals surface area contributed by atoms with Gasteiger partial charge in [0.15, 0.2) is 9.84 Å². The molecule has 0 aromatic heterocycles. The molecular formula is C12H21NO2S. The minimum atomic E-state index is -2.73. The summed E-state index contributed by atoms with van der Waals surface area (Å²) in [6.45, 7) is 2.26. The maximum atomic E-state index is 11.9. The molecule has 0 amide bonds. The predicted octanol–water partition coefficient (Wildman–Crippen LogP) is 1.58. The molecule has 3 fully saturated rings. The van der Waals surface area contributed by atoms with Gasteiger partial charge in [0.05, 0.1) is 16.5 Å². The number of nitrogens with zero attached hydrogens (tertiary/aromatic N) is 1. The summed E-state index contributed by atoms with van der Waals surface area (Å²) in [7, 11) is -2.73. The van der Waals surface area contributed by atoms with E-state index in [2.05, 4.69) is 4.90 Å². The van der Waals surface area contributed by atoms with Crippen LogP contribution in [0, 0.1) is 0 Å². The molecule has 1 saturated carbocycles. The van der Waals surface area contributed by atoms with Gasteiger partial charge in [-0.1, -0.05) is 19.3 Å². The van der Waals surface area contributed by atoms with Crippen molar-refractivity contribution in [1.29, 1.82) is 0 Å². The number of rotatable bonds is 1. The van der Waals surface area contributed by atoms with E-state index in [4.69, 9.17) is 0 Å². The van der Waals surface area contributed by atoms with Gasteiger partial charge in [0.25, 0.3) is 0 Å². The summed E-state index contributed by atoms with van der Waals surface area (Å²) in [6.07, 6.45) is 8.21. The van der Waals surface area contributed by atoms with Gasteiger partial charge >= 0.3 is 0 Å². The second-order valence-electron chi connectivity index (χ2n) is 5.69. The Labute approximate surface area is 98.1 Å². The summed E-state index contributed by atoms with van der Waals surface area (Å²) in [4.78, 5) is 2.52. The highest BCUT2D eigenvalue weighted by atomic mass is 32.2. The average molecular weight is 243 g/mol. The largest absolute Gasteiger partial charge is 0.295 e. The zero-order valence-electron chi connectivity index (χ0n) is 9.82. The highest BCUT2D eigenvalue weighted by Gasteiger charge is 2.61. The van der Waals surface area contributed by atoms with Crippen LogP contribution in [-0.2, 0) is 9.84 Å². The number of likely N-dealkylation sites (tertiary alicyclic amines) is 1. The lowest BCUT2D eigenvalue weighted by Crippen LogP contribution is -2.73. The van der Waals surface area contributed by atoms with E-state index >= 15 is 0 Å². The van der Waals surface area contributed by atoms with Crippen LogP contribution in [0.25, 0.3) is 0 Å². The quantitative estimate of drug-likeness (QED) is 0.702. The summed E-state index contributed by atoms with van der Waals surface area (Å²) < 4.78 is 23.7. The zero-order chi connectivity index (χ0) is 11.2. The first kappa shape index (κ1) is 11.0. The third-order valence-electron chi connectivity index (χ3n) is 4.80. The highest BCUT2D eigenvalue weighted by Crippen LogP contribution is 2.47. The van der Waals surface area contributed by atoms with Gasteiger partial charge in [-0.25, -0.2) is 8.42 Å². The molecule has 2 heterocycles. The smallest absolute Gasteiger partial charge is 0.156 e. The minimum absolute atomic E-state index is 0.0214. The molecule has 0 aromatic rings. The van der Waals surface area contributed by atoms with Gasteiger partial charge in [-0.3, -0.25) is 4.90 Å². The Morgan fingerprint density at radius 2 is 1.75 bits per heavy atom. The summed E-state index contributed by atoms with van der Waals surface area (Å²) in [6, 6.07) is 0. The summed E-state index contributed by atoms with van der Waals surface area (Å²) in [5.41, 5.74) is 0.0670. The standard InChI is InChI=1S/C12H21NO2S/c14-16(15)10-12(7-3-2-6-11(12)16)13-8-4-1-5-9-13/h11H,1-10H2. The van der Waals surface area contributed by atoms with Crippen molar-refractivity contribution in [2.75, 3.05) is 18.8 Å². The summed E-state index contributed by atoms with van der Waals surface area (Å²) in [5, 5.41) is -0.0214. The Hall–Kier alpha value is -0.0900. The highest BCUT2D eigenvalue weighted by molar-refractivity contribution is 7.93. The van der Waals surface area contributed by atoms with Gasteiger partial charge in [-0.2, -0.15) is 0 Å².